The topological polar surface area (TPSA) is 75.6 Å². The maximum absolute atomic E-state index is 8.81. The van der Waals surface area contributed by atoms with Crippen LogP contribution in [0.5, 0.6) is 0 Å². The zero-order valence-electron chi connectivity index (χ0n) is 9.92. The van der Waals surface area contributed by atoms with Crippen LogP contribution < -0.4 is 5.73 Å². The molecular weight excluding hydrogens is 244 g/mol. The van der Waals surface area contributed by atoms with Gasteiger partial charge >= 0.3 is 0 Å². The number of thioether (sulfide) groups is 1. The molecule has 18 heavy (non-hydrogen) atoms. The van der Waals surface area contributed by atoms with Crippen LogP contribution in [0.4, 0.5) is 5.82 Å². The minimum atomic E-state index is 0.453. The van der Waals surface area contributed by atoms with E-state index in [1.165, 1.54) is 5.56 Å². The predicted molar refractivity (Wildman–Crippen MR) is 71.9 cm³/mol. The van der Waals surface area contributed by atoms with Gasteiger partial charge in [-0.25, -0.2) is 9.97 Å². The first kappa shape index (κ1) is 12.4. The monoisotopic (exact) mass is 256 g/mol. The van der Waals surface area contributed by atoms with Gasteiger partial charge in [-0.15, -0.1) is 0 Å². The first-order chi connectivity index (χ1) is 8.70. The summed E-state index contributed by atoms with van der Waals surface area (Å²) in [5.41, 5.74) is 8.68. The second kappa shape index (κ2) is 5.52. The molecule has 0 radical (unpaired) electrons. The van der Waals surface area contributed by atoms with E-state index < -0.39 is 0 Å². The average Bonchev–Trinajstić information content (AvgIpc) is 2.39. The number of nitrogens with zero attached hydrogens (tertiary/aromatic N) is 3. The van der Waals surface area contributed by atoms with Crippen LogP contribution in [-0.2, 0) is 5.75 Å². The molecule has 2 rings (SSSR count). The molecule has 0 spiro atoms. The van der Waals surface area contributed by atoms with Gasteiger partial charge in [0, 0.05) is 18.1 Å². The van der Waals surface area contributed by atoms with Crippen LogP contribution in [-0.4, -0.2) is 9.97 Å². The van der Waals surface area contributed by atoms with Crippen molar-refractivity contribution in [1.29, 1.82) is 5.26 Å². The van der Waals surface area contributed by atoms with Crippen LogP contribution in [0.2, 0.25) is 0 Å². The number of hydrogen-bond acceptors (Lipinski definition) is 5. The summed E-state index contributed by atoms with van der Waals surface area (Å²) < 4.78 is 0. The van der Waals surface area contributed by atoms with Gasteiger partial charge in [0.25, 0.3) is 0 Å². The smallest absolute Gasteiger partial charge is 0.156 e. The quantitative estimate of drug-likeness (QED) is 0.854. The van der Waals surface area contributed by atoms with Gasteiger partial charge in [-0.1, -0.05) is 17.8 Å². The minimum Gasteiger partial charge on any atom is -0.381 e. The predicted octanol–water partition coefficient (Wildman–Crippen LogP) is 2.53. The molecule has 0 amide bonds. The maximum atomic E-state index is 8.81. The SMILES string of the molecule is Cc1cc(C#N)ccc1CSc1nccnc1N. The summed E-state index contributed by atoms with van der Waals surface area (Å²) in [5.74, 6) is 1.22. The number of nitriles is 1. The molecule has 1 aromatic heterocycles. The summed E-state index contributed by atoms with van der Waals surface area (Å²) in [5, 5.41) is 9.54. The number of nitrogen functional groups attached to an aromatic ring is 1. The van der Waals surface area contributed by atoms with E-state index in [4.69, 9.17) is 11.0 Å². The largest absolute Gasteiger partial charge is 0.381 e. The van der Waals surface area contributed by atoms with Gasteiger partial charge in [-0.3, -0.25) is 0 Å². The standard InChI is InChI=1S/C13H12N4S/c1-9-6-10(7-14)2-3-11(9)8-18-13-12(15)16-4-5-17-13/h2-6H,8H2,1H3,(H2,15,16). The average molecular weight is 256 g/mol. The van der Waals surface area contributed by atoms with E-state index in [2.05, 4.69) is 16.0 Å². The fourth-order valence-electron chi connectivity index (χ4n) is 1.52. The summed E-state index contributed by atoms with van der Waals surface area (Å²) in [7, 11) is 0. The number of nitrogens with two attached hydrogens (primary N) is 1. The molecule has 2 N–H and O–H groups in total. The fourth-order valence-corrected chi connectivity index (χ4v) is 2.47. The van der Waals surface area contributed by atoms with Gasteiger partial charge in [-0.2, -0.15) is 5.26 Å². The molecule has 0 saturated carbocycles. The van der Waals surface area contributed by atoms with E-state index >= 15 is 0 Å². The Morgan fingerprint density at radius 2 is 2.11 bits per heavy atom. The molecular formula is C13H12N4S. The highest BCUT2D eigenvalue weighted by atomic mass is 32.2. The highest BCUT2D eigenvalue weighted by molar-refractivity contribution is 7.98. The number of rotatable bonds is 3. The summed E-state index contributed by atoms with van der Waals surface area (Å²) in [6, 6.07) is 7.80. The second-order valence-corrected chi connectivity index (χ2v) is 4.75. The lowest BCUT2D eigenvalue weighted by molar-refractivity contribution is 1.07. The Morgan fingerprint density at radius 1 is 1.33 bits per heavy atom. The van der Waals surface area contributed by atoms with Crippen LogP contribution in [0.15, 0.2) is 35.6 Å². The van der Waals surface area contributed by atoms with Crippen LogP contribution in [0.1, 0.15) is 16.7 Å². The summed E-state index contributed by atoms with van der Waals surface area (Å²) >= 11 is 1.55. The van der Waals surface area contributed by atoms with Gasteiger partial charge in [-0.05, 0) is 30.2 Å². The van der Waals surface area contributed by atoms with E-state index in [9.17, 15) is 0 Å². The summed E-state index contributed by atoms with van der Waals surface area (Å²) in [4.78, 5) is 8.17. The number of hydrogen-bond donors (Lipinski definition) is 1. The lowest BCUT2D eigenvalue weighted by Crippen LogP contribution is -1.95. The molecule has 0 aliphatic rings. The first-order valence-electron chi connectivity index (χ1n) is 5.39. The Balaban J connectivity index is 2.12. The molecule has 2 aromatic rings. The zero-order valence-corrected chi connectivity index (χ0v) is 10.7. The van der Waals surface area contributed by atoms with Crippen LogP contribution in [0.25, 0.3) is 0 Å². The number of benzene rings is 1. The third-order valence-corrected chi connectivity index (χ3v) is 3.57. The van der Waals surface area contributed by atoms with E-state index in [-0.39, 0.29) is 0 Å². The van der Waals surface area contributed by atoms with Crippen molar-refractivity contribution in [2.45, 2.75) is 17.7 Å². The minimum absolute atomic E-state index is 0.453. The third-order valence-electron chi connectivity index (χ3n) is 2.53. The van der Waals surface area contributed by atoms with Gasteiger partial charge in [0.1, 0.15) is 5.03 Å². The Labute approximate surface area is 110 Å². The van der Waals surface area contributed by atoms with Crippen LogP contribution in [0.3, 0.4) is 0 Å². The second-order valence-electron chi connectivity index (χ2n) is 3.79. The van der Waals surface area contributed by atoms with Crippen LogP contribution >= 0.6 is 11.8 Å². The lowest BCUT2D eigenvalue weighted by atomic mass is 10.1. The van der Waals surface area contributed by atoms with Gasteiger partial charge in [0.15, 0.2) is 5.82 Å². The van der Waals surface area contributed by atoms with Crippen molar-refractivity contribution in [3.8, 4) is 6.07 Å². The van der Waals surface area contributed by atoms with Gasteiger partial charge < -0.3 is 5.73 Å². The van der Waals surface area contributed by atoms with E-state index in [0.29, 0.717) is 11.4 Å². The summed E-state index contributed by atoms with van der Waals surface area (Å²) in [6.07, 6.45) is 3.21. The van der Waals surface area contributed by atoms with Gasteiger partial charge in [0.2, 0.25) is 0 Å². The van der Waals surface area contributed by atoms with Crippen molar-refractivity contribution in [1.82, 2.24) is 9.97 Å². The Hall–Kier alpha value is -2.06. The van der Waals surface area contributed by atoms with E-state index in [1.807, 2.05) is 25.1 Å². The lowest BCUT2D eigenvalue weighted by Gasteiger charge is -2.06. The molecule has 0 unspecified atom stereocenters. The zero-order chi connectivity index (χ0) is 13.0. The molecule has 1 aromatic carbocycles. The highest BCUT2D eigenvalue weighted by Crippen LogP contribution is 2.25. The fraction of sp³-hybridized carbons (Fsp3) is 0.154. The Kier molecular flexibility index (Phi) is 3.80. The highest BCUT2D eigenvalue weighted by Gasteiger charge is 2.05. The number of aromatic nitrogens is 2. The molecule has 0 fully saturated rings. The molecule has 0 atom stereocenters. The normalized spacial score (nSPS) is 10.0. The molecule has 0 bridgehead atoms. The molecule has 90 valence electrons. The van der Waals surface area contributed by atoms with Gasteiger partial charge in [0.05, 0.1) is 11.6 Å². The molecule has 0 saturated heterocycles. The van der Waals surface area contributed by atoms with Crippen molar-refractivity contribution in [3.63, 3.8) is 0 Å². The summed E-state index contributed by atoms with van der Waals surface area (Å²) in [6.45, 7) is 2.00. The van der Waals surface area contributed by atoms with E-state index in [0.717, 1.165) is 16.3 Å². The number of anilines is 1. The molecule has 5 heteroatoms. The van der Waals surface area contributed by atoms with Crippen molar-refractivity contribution in [2.75, 3.05) is 5.73 Å². The van der Waals surface area contributed by atoms with Crippen LogP contribution in [0, 0.1) is 18.3 Å². The molecule has 0 aliphatic heterocycles. The number of aryl methyl sites for hydroxylation is 1. The third kappa shape index (κ3) is 2.79. The first-order valence-corrected chi connectivity index (χ1v) is 6.38. The maximum Gasteiger partial charge on any atom is 0.156 e. The molecule has 1 heterocycles. The Morgan fingerprint density at radius 3 is 2.78 bits per heavy atom. The van der Waals surface area contributed by atoms with Crippen molar-refractivity contribution in [3.05, 3.63) is 47.3 Å². The van der Waals surface area contributed by atoms with Crippen molar-refractivity contribution in [2.24, 2.45) is 0 Å². The Bertz CT molecular complexity index is 604. The van der Waals surface area contributed by atoms with Crippen molar-refractivity contribution >= 4 is 17.6 Å². The molecule has 4 nitrogen and oxygen atoms in total. The van der Waals surface area contributed by atoms with Crippen molar-refractivity contribution < 1.29 is 0 Å². The molecule has 0 aliphatic carbocycles. The van der Waals surface area contributed by atoms with E-state index in [1.54, 1.807) is 24.2 Å².